The standard InChI is InChI=1S/C16H19F3N2O4/c1-10(2)13(21-14(23)11-6-4-3-5-7-11)15(24)25-8-12(22)20-9-16(17,18)19/h3-7,10,13H,8-9H2,1-2H3,(H,20,22)(H,21,23)/t13-/m0/s1. The van der Waals surface area contributed by atoms with Gasteiger partial charge >= 0.3 is 12.1 Å². The van der Waals surface area contributed by atoms with Gasteiger partial charge in [-0.05, 0) is 18.1 Å². The molecule has 0 aromatic heterocycles. The lowest BCUT2D eigenvalue weighted by Gasteiger charge is -2.20. The molecule has 0 saturated carbocycles. The lowest BCUT2D eigenvalue weighted by atomic mass is 10.0. The van der Waals surface area contributed by atoms with E-state index in [1.807, 2.05) is 0 Å². The van der Waals surface area contributed by atoms with Crippen molar-refractivity contribution < 1.29 is 32.3 Å². The van der Waals surface area contributed by atoms with Crippen molar-refractivity contribution in [1.82, 2.24) is 10.6 Å². The lowest BCUT2D eigenvalue weighted by molar-refractivity contribution is -0.153. The van der Waals surface area contributed by atoms with Crippen molar-refractivity contribution >= 4 is 17.8 Å². The molecule has 9 heteroatoms. The van der Waals surface area contributed by atoms with Crippen LogP contribution in [0.15, 0.2) is 30.3 Å². The largest absolute Gasteiger partial charge is 0.454 e. The molecular weight excluding hydrogens is 341 g/mol. The maximum absolute atomic E-state index is 12.1. The molecule has 0 unspecified atom stereocenters. The van der Waals surface area contributed by atoms with Crippen molar-refractivity contribution in [3.05, 3.63) is 35.9 Å². The van der Waals surface area contributed by atoms with Crippen LogP contribution in [0.3, 0.4) is 0 Å². The van der Waals surface area contributed by atoms with Crippen molar-refractivity contribution in [3.8, 4) is 0 Å². The number of esters is 1. The molecule has 0 saturated heterocycles. The van der Waals surface area contributed by atoms with Crippen molar-refractivity contribution in [2.75, 3.05) is 13.2 Å². The molecule has 0 bridgehead atoms. The Labute approximate surface area is 142 Å². The van der Waals surface area contributed by atoms with E-state index in [0.29, 0.717) is 5.56 Å². The van der Waals surface area contributed by atoms with E-state index in [1.54, 1.807) is 49.5 Å². The molecule has 0 aliphatic carbocycles. The Balaban J connectivity index is 2.56. The number of ether oxygens (including phenoxy) is 1. The van der Waals surface area contributed by atoms with Gasteiger partial charge in [0.2, 0.25) is 0 Å². The fourth-order valence-electron chi connectivity index (χ4n) is 1.79. The van der Waals surface area contributed by atoms with Crippen LogP contribution in [-0.2, 0) is 14.3 Å². The summed E-state index contributed by atoms with van der Waals surface area (Å²) in [6.07, 6.45) is -4.55. The van der Waals surface area contributed by atoms with Crippen LogP contribution < -0.4 is 10.6 Å². The number of carbonyl (C=O) groups excluding carboxylic acids is 3. The quantitative estimate of drug-likeness (QED) is 0.725. The highest BCUT2D eigenvalue weighted by Gasteiger charge is 2.29. The number of nitrogens with one attached hydrogen (secondary N) is 2. The molecular formula is C16H19F3N2O4. The van der Waals surface area contributed by atoms with Gasteiger partial charge in [0.15, 0.2) is 6.61 Å². The number of hydrogen-bond acceptors (Lipinski definition) is 4. The van der Waals surface area contributed by atoms with Gasteiger partial charge in [0, 0.05) is 5.56 Å². The van der Waals surface area contributed by atoms with E-state index in [1.165, 1.54) is 0 Å². The molecule has 2 amide bonds. The predicted octanol–water partition coefficient (Wildman–Crippen LogP) is 1.66. The summed E-state index contributed by atoms with van der Waals surface area (Å²) in [4.78, 5) is 35.4. The number of hydrogen-bond donors (Lipinski definition) is 2. The average Bonchev–Trinajstić information content (AvgIpc) is 2.55. The van der Waals surface area contributed by atoms with Crippen LogP contribution in [0.5, 0.6) is 0 Å². The highest BCUT2D eigenvalue weighted by Crippen LogP contribution is 2.12. The van der Waals surface area contributed by atoms with Crippen LogP contribution in [0.1, 0.15) is 24.2 Å². The Morgan fingerprint density at radius 3 is 2.24 bits per heavy atom. The summed E-state index contributed by atoms with van der Waals surface area (Å²) in [6, 6.07) is 7.12. The van der Waals surface area contributed by atoms with Gasteiger partial charge in [0.1, 0.15) is 12.6 Å². The van der Waals surface area contributed by atoms with Gasteiger partial charge in [-0.15, -0.1) is 0 Å². The van der Waals surface area contributed by atoms with Crippen molar-refractivity contribution in [2.24, 2.45) is 5.92 Å². The normalized spacial score (nSPS) is 12.4. The Kier molecular flexibility index (Phi) is 7.41. The van der Waals surface area contributed by atoms with Crippen LogP contribution in [0, 0.1) is 5.92 Å². The second-order valence-electron chi connectivity index (χ2n) is 5.56. The zero-order valence-electron chi connectivity index (χ0n) is 13.7. The first kappa shape index (κ1) is 20.5. The van der Waals surface area contributed by atoms with Gasteiger partial charge < -0.3 is 15.4 Å². The summed E-state index contributed by atoms with van der Waals surface area (Å²) < 4.78 is 40.6. The maximum Gasteiger partial charge on any atom is 0.405 e. The summed E-state index contributed by atoms with van der Waals surface area (Å²) in [5, 5.41) is 4.07. The Morgan fingerprint density at radius 2 is 1.72 bits per heavy atom. The predicted molar refractivity (Wildman–Crippen MR) is 82.6 cm³/mol. The summed E-state index contributed by atoms with van der Waals surface area (Å²) >= 11 is 0. The molecule has 1 aromatic carbocycles. The van der Waals surface area contributed by atoms with E-state index >= 15 is 0 Å². The Bertz CT molecular complexity index is 603. The molecule has 0 spiro atoms. The molecule has 2 N–H and O–H groups in total. The molecule has 138 valence electrons. The monoisotopic (exact) mass is 360 g/mol. The third-order valence-electron chi connectivity index (χ3n) is 3.07. The minimum atomic E-state index is -4.55. The van der Waals surface area contributed by atoms with Crippen LogP contribution >= 0.6 is 0 Å². The zero-order chi connectivity index (χ0) is 19.0. The second-order valence-corrected chi connectivity index (χ2v) is 5.56. The van der Waals surface area contributed by atoms with Crippen LogP contribution in [0.4, 0.5) is 13.2 Å². The number of benzene rings is 1. The summed E-state index contributed by atoms with van der Waals surface area (Å²) in [5.41, 5.74) is 0.337. The average molecular weight is 360 g/mol. The molecule has 25 heavy (non-hydrogen) atoms. The summed E-state index contributed by atoms with van der Waals surface area (Å²) in [7, 11) is 0. The number of rotatable bonds is 7. The molecule has 1 aromatic rings. The van der Waals surface area contributed by atoms with E-state index in [4.69, 9.17) is 4.74 Å². The van der Waals surface area contributed by atoms with Crippen LogP contribution in [0.25, 0.3) is 0 Å². The van der Waals surface area contributed by atoms with Gasteiger partial charge in [-0.1, -0.05) is 32.0 Å². The van der Waals surface area contributed by atoms with Crippen LogP contribution in [0.2, 0.25) is 0 Å². The topological polar surface area (TPSA) is 84.5 Å². The van der Waals surface area contributed by atoms with Gasteiger partial charge in [-0.3, -0.25) is 9.59 Å². The van der Waals surface area contributed by atoms with Crippen molar-refractivity contribution in [2.45, 2.75) is 26.1 Å². The molecule has 1 atom stereocenters. The van der Waals surface area contributed by atoms with Crippen LogP contribution in [-0.4, -0.2) is 43.2 Å². The first-order valence-corrected chi connectivity index (χ1v) is 7.46. The van der Waals surface area contributed by atoms with Gasteiger partial charge in [-0.2, -0.15) is 13.2 Å². The molecule has 0 radical (unpaired) electrons. The Hall–Kier alpha value is -2.58. The summed E-state index contributed by atoms with van der Waals surface area (Å²) in [5.74, 6) is -2.83. The van der Waals surface area contributed by atoms with Gasteiger partial charge in [-0.25, -0.2) is 4.79 Å². The smallest absolute Gasteiger partial charge is 0.405 e. The number of carbonyl (C=O) groups is 3. The van der Waals surface area contributed by atoms with Crippen molar-refractivity contribution in [3.63, 3.8) is 0 Å². The summed E-state index contributed by atoms with van der Waals surface area (Å²) in [6.45, 7) is 0.933. The number of alkyl halides is 3. The SMILES string of the molecule is CC(C)[C@H](NC(=O)c1ccccc1)C(=O)OCC(=O)NCC(F)(F)F. The van der Waals surface area contributed by atoms with E-state index in [0.717, 1.165) is 0 Å². The van der Waals surface area contributed by atoms with Crippen molar-refractivity contribution in [1.29, 1.82) is 0 Å². The molecule has 1 rings (SSSR count). The molecule has 0 aliphatic rings. The maximum atomic E-state index is 12.1. The molecule has 6 nitrogen and oxygen atoms in total. The third-order valence-corrected chi connectivity index (χ3v) is 3.07. The third kappa shape index (κ3) is 7.69. The highest BCUT2D eigenvalue weighted by atomic mass is 19.4. The highest BCUT2D eigenvalue weighted by molar-refractivity contribution is 5.97. The Morgan fingerprint density at radius 1 is 1.12 bits per heavy atom. The number of halogens is 3. The van der Waals surface area contributed by atoms with E-state index in [9.17, 15) is 27.6 Å². The fraction of sp³-hybridized carbons (Fsp3) is 0.438. The minimum absolute atomic E-state index is 0.337. The minimum Gasteiger partial charge on any atom is -0.454 e. The zero-order valence-corrected chi connectivity index (χ0v) is 13.7. The lowest BCUT2D eigenvalue weighted by Crippen LogP contribution is -2.46. The van der Waals surface area contributed by atoms with E-state index in [-0.39, 0.29) is 5.92 Å². The second kappa shape index (κ2) is 9.05. The fourth-order valence-corrected chi connectivity index (χ4v) is 1.79. The number of amides is 2. The molecule has 0 fully saturated rings. The first-order chi connectivity index (χ1) is 11.6. The molecule has 0 aliphatic heterocycles. The van der Waals surface area contributed by atoms with Gasteiger partial charge in [0.25, 0.3) is 11.8 Å². The first-order valence-electron chi connectivity index (χ1n) is 7.46. The van der Waals surface area contributed by atoms with E-state index in [2.05, 4.69) is 5.32 Å². The molecule has 0 heterocycles. The van der Waals surface area contributed by atoms with Gasteiger partial charge in [0.05, 0.1) is 0 Å². The van der Waals surface area contributed by atoms with E-state index < -0.39 is 43.2 Å².